The van der Waals surface area contributed by atoms with E-state index in [0.29, 0.717) is 11.5 Å². The normalized spacial score (nSPS) is 19.0. The minimum atomic E-state index is -0.142. The van der Waals surface area contributed by atoms with Crippen molar-refractivity contribution < 1.29 is 9.59 Å². The summed E-state index contributed by atoms with van der Waals surface area (Å²) in [5, 5.41) is 3.79. The standard InChI is InChI=1S/C22H26N2O2S/c1-14-5-8-16(9-6-14)20(25)23-21-19(22(26)24-11-3-4-12-24)17-10-7-15(2)13-18(17)27-21/h5-6,8-9,15H,3-4,7,10-13H2,1-2H3,(H,23,25). The molecule has 1 aromatic heterocycles. The number of fused-ring (bicyclic) bond motifs is 1. The van der Waals surface area contributed by atoms with Crippen LogP contribution in [0.2, 0.25) is 0 Å². The highest BCUT2D eigenvalue weighted by Crippen LogP contribution is 2.40. The third-order valence-electron chi connectivity index (χ3n) is 5.66. The maximum absolute atomic E-state index is 13.2. The fourth-order valence-electron chi connectivity index (χ4n) is 4.02. The van der Waals surface area contributed by atoms with Gasteiger partial charge in [-0.15, -0.1) is 11.3 Å². The molecule has 1 N–H and O–H groups in total. The van der Waals surface area contributed by atoms with E-state index in [0.717, 1.165) is 61.3 Å². The van der Waals surface area contributed by atoms with E-state index in [9.17, 15) is 9.59 Å². The van der Waals surface area contributed by atoms with E-state index >= 15 is 0 Å². The number of hydrogen-bond acceptors (Lipinski definition) is 3. The Morgan fingerprint density at radius 1 is 1.15 bits per heavy atom. The topological polar surface area (TPSA) is 49.4 Å². The molecule has 1 aliphatic carbocycles. The van der Waals surface area contributed by atoms with Gasteiger partial charge in [-0.3, -0.25) is 9.59 Å². The Morgan fingerprint density at radius 3 is 2.56 bits per heavy atom. The van der Waals surface area contributed by atoms with Crippen LogP contribution in [0, 0.1) is 12.8 Å². The number of likely N-dealkylation sites (tertiary alicyclic amines) is 1. The molecule has 2 heterocycles. The number of rotatable bonds is 3. The van der Waals surface area contributed by atoms with Crippen LogP contribution < -0.4 is 5.32 Å². The molecule has 1 saturated heterocycles. The van der Waals surface area contributed by atoms with Crippen molar-refractivity contribution in [3.63, 3.8) is 0 Å². The SMILES string of the molecule is Cc1ccc(C(=O)Nc2sc3c(c2C(=O)N2CCCC2)CCC(C)C3)cc1. The molecule has 1 unspecified atom stereocenters. The highest BCUT2D eigenvalue weighted by atomic mass is 32.1. The average molecular weight is 383 g/mol. The number of benzene rings is 1. The van der Waals surface area contributed by atoms with Crippen LogP contribution in [-0.2, 0) is 12.8 Å². The van der Waals surface area contributed by atoms with Crippen LogP contribution >= 0.6 is 11.3 Å². The zero-order valence-corrected chi connectivity index (χ0v) is 16.8. The molecule has 0 bridgehead atoms. The molecule has 1 aliphatic heterocycles. The number of carbonyl (C=O) groups excluding carboxylic acids is 2. The third kappa shape index (κ3) is 3.65. The molecule has 1 fully saturated rings. The van der Waals surface area contributed by atoms with E-state index in [-0.39, 0.29) is 11.8 Å². The van der Waals surface area contributed by atoms with E-state index in [4.69, 9.17) is 0 Å². The number of aryl methyl sites for hydroxylation is 1. The van der Waals surface area contributed by atoms with Gasteiger partial charge in [-0.25, -0.2) is 0 Å². The molecule has 4 rings (SSSR count). The van der Waals surface area contributed by atoms with Crippen molar-refractivity contribution in [1.29, 1.82) is 0 Å². The molecule has 2 aromatic rings. The van der Waals surface area contributed by atoms with Gasteiger partial charge in [-0.2, -0.15) is 0 Å². The lowest BCUT2D eigenvalue weighted by Crippen LogP contribution is -2.29. The Morgan fingerprint density at radius 2 is 1.85 bits per heavy atom. The number of amides is 2. The first-order valence-corrected chi connectivity index (χ1v) is 10.7. The summed E-state index contributed by atoms with van der Waals surface area (Å²) >= 11 is 1.60. The summed E-state index contributed by atoms with van der Waals surface area (Å²) in [6, 6.07) is 7.54. The van der Waals surface area contributed by atoms with Gasteiger partial charge < -0.3 is 10.2 Å². The molecule has 2 amide bonds. The van der Waals surface area contributed by atoms with Gasteiger partial charge in [0.2, 0.25) is 0 Å². The number of hydrogen-bond donors (Lipinski definition) is 1. The summed E-state index contributed by atoms with van der Waals surface area (Å²) in [6.45, 7) is 5.91. The smallest absolute Gasteiger partial charge is 0.257 e. The van der Waals surface area contributed by atoms with Crippen molar-refractivity contribution >= 4 is 28.2 Å². The fourth-order valence-corrected chi connectivity index (χ4v) is 5.42. The molecule has 1 atom stereocenters. The Hall–Kier alpha value is -2.14. The molecule has 27 heavy (non-hydrogen) atoms. The lowest BCUT2D eigenvalue weighted by molar-refractivity contribution is 0.0793. The average Bonchev–Trinajstić information content (AvgIpc) is 3.29. The van der Waals surface area contributed by atoms with Crippen LogP contribution in [0.1, 0.15) is 62.9 Å². The van der Waals surface area contributed by atoms with Gasteiger partial charge in [0, 0.05) is 23.5 Å². The lowest BCUT2D eigenvalue weighted by atomic mass is 9.88. The Bertz CT molecular complexity index is 863. The third-order valence-corrected chi connectivity index (χ3v) is 6.83. The van der Waals surface area contributed by atoms with Gasteiger partial charge in [-0.05, 0) is 62.6 Å². The van der Waals surface area contributed by atoms with Crippen molar-refractivity contribution in [2.45, 2.75) is 46.0 Å². The first kappa shape index (κ1) is 18.2. The van der Waals surface area contributed by atoms with Gasteiger partial charge in [0.25, 0.3) is 11.8 Å². The quantitative estimate of drug-likeness (QED) is 0.839. The van der Waals surface area contributed by atoms with E-state index < -0.39 is 0 Å². The van der Waals surface area contributed by atoms with Crippen molar-refractivity contribution in [2.75, 3.05) is 18.4 Å². The molecule has 142 valence electrons. The second-order valence-electron chi connectivity index (χ2n) is 7.88. The van der Waals surface area contributed by atoms with Crippen LogP contribution in [0.5, 0.6) is 0 Å². The van der Waals surface area contributed by atoms with Crippen LogP contribution in [0.3, 0.4) is 0 Å². The van der Waals surface area contributed by atoms with Gasteiger partial charge >= 0.3 is 0 Å². The Balaban J connectivity index is 1.67. The number of thiophene rings is 1. The largest absolute Gasteiger partial charge is 0.339 e. The predicted octanol–water partition coefficient (Wildman–Crippen LogP) is 4.67. The van der Waals surface area contributed by atoms with Gasteiger partial charge in [0.05, 0.1) is 5.56 Å². The Labute approximate surface area is 164 Å². The van der Waals surface area contributed by atoms with Crippen LogP contribution in [-0.4, -0.2) is 29.8 Å². The molecular weight excluding hydrogens is 356 g/mol. The molecule has 0 radical (unpaired) electrons. The van der Waals surface area contributed by atoms with Gasteiger partial charge in [-0.1, -0.05) is 24.6 Å². The van der Waals surface area contributed by atoms with Crippen molar-refractivity contribution in [2.24, 2.45) is 5.92 Å². The monoisotopic (exact) mass is 382 g/mol. The molecule has 1 aromatic carbocycles. The number of anilines is 1. The maximum atomic E-state index is 13.2. The zero-order chi connectivity index (χ0) is 19.0. The Kier molecular flexibility index (Phi) is 5.04. The summed E-state index contributed by atoms with van der Waals surface area (Å²) < 4.78 is 0. The first-order valence-electron chi connectivity index (χ1n) is 9.84. The van der Waals surface area contributed by atoms with Crippen molar-refractivity contribution in [3.05, 3.63) is 51.4 Å². The second-order valence-corrected chi connectivity index (χ2v) is 8.98. The summed E-state index contributed by atoms with van der Waals surface area (Å²) in [5.74, 6) is 0.586. The molecule has 2 aliphatic rings. The van der Waals surface area contributed by atoms with E-state index in [1.165, 1.54) is 10.4 Å². The van der Waals surface area contributed by atoms with Crippen molar-refractivity contribution in [1.82, 2.24) is 4.90 Å². The molecule has 0 spiro atoms. The predicted molar refractivity (Wildman–Crippen MR) is 110 cm³/mol. The summed E-state index contributed by atoms with van der Waals surface area (Å²) in [4.78, 5) is 29.2. The van der Waals surface area contributed by atoms with Gasteiger partial charge in [0.1, 0.15) is 5.00 Å². The first-order chi connectivity index (χ1) is 13.0. The minimum Gasteiger partial charge on any atom is -0.339 e. The fraction of sp³-hybridized carbons (Fsp3) is 0.455. The van der Waals surface area contributed by atoms with E-state index in [1.807, 2.05) is 36.1 Å². The lowest BCUT2D eigenvalue weighted by Gasteiger charge is -2.21. The molecule has 5 heteroatoms. The van der Waals surface area contributed by atoms with E-state index in [2.05, 4.69) is 12.2 Å². The van der Waals surface area contributed by atoms with Crippen LogP contribution in [0.25, 0.3) is 0 Å². The van der Waals surface area contributed by atoms with Crippen LogP contribution in [0.4, 0.5) is 5.00 Å². The number of nitrogens with zero attached hydrogens (tertiary/aromatic N) is 1. The second kappa shape index (κ2) is 7.47. The van der Waals surface area contributed by atoms with Gasteiger partial charge in [0.15, 0.2) is 0 Å². The summed E-state index contributed by atoms with van der Waals surface area (Å²) in [6.07, 6.45) is 5.18. The molecule has 0 saturated carbocycles. The molecular formula is C22H26N2O2S. The van der Waals surface area contributed by atoms with Crippen LogP contribution in [0.15, 0.2) is 24.3 Å². The highest BCUT2D eigenvalue weighted by molar-refractivity contribution is 7.17. The maximum Gasteiger partial charge on any atom is 0.257 e. The summed E-state index contributed by atoms with van der Waals surface area (Å²) in [5.41, 5.74) is 3.68. The summed E-state index contributed by atoms with van der Waals surface area (Å²) in [7, 11) is 0. The zero-order valence-electron chi connectivity index (χ0n) is 16.0. The number of nitrogens with one attached hydrogen (secondary N) is 1. The molecule has 4 nitrogen and oxygen atoms in total. The number of carbonyl (C=O) groups is 2. The van der Waals surface area contributed by atoms with Crippen molar-refractivity contribution in [3.8, 4) is 0 Å². The minimum absolute atomic E-state index is 0.0961. The van der Waals surface area contributed by atoms with E-state index in [1.54, 1.807) is 11.3 Å². The highest BCUT2D eigenvalue weighted by Gasteiger charge is 2.31.